The maximum atomic E-state index is 12.3. The summed E-state index contributed by atoms with van der Waals surface area (Å²) in [5.74, 6) is -1.12. The van der Waals surface area contributed by atoms with Crippen molar-refractivity contribution in [3.63, 3.8) is 0 Å². The van der Waals surface area contributed by atoms with Crippen LogP contribution in [0.25, 0.3) is 11.1 Å². The van der Waals surface area contributed by atoms with Crippen LogP contribution in [0.3, 0.4) is 0 Å². The van der Waals surface area contributed by atoms with E-state index >= 15 is 0 Å². The zero-order chi connectivity index (χ0) is 24.4. The average Bonchev–Trinajstić information content (AvgIpc) is 3.13. The molecule has 0 heterocycles. The van der Waals surface area contributed by atoms with Gasteiger partial charge in [0.2, 0.25) is 0 Å². The fourth-order valence-electron chi connectivity index (χ4n) is 4.68. The van der Waals surface area contributed by atoms with E-state index in [9.17, 15) is 24.9 Å². The number of carboxylic acid groups (broad SMARTS) is 1. The molecule has 0 saturated carbocycles. The lowest BCUT2D eigenvalue weighted by molar-refractivity contribution is 0.0184. The van der Waals surface area contributed by atoms with Crippen LogP contribution < -0.4 is 5.32 Å². The Balaban J connectivity index is 1.35. The first-order chi connectivity index (χ1) is 16.3. The van der Waals surface area contributed by atoms with Crippen molar-refractivity contribution in [2.24, 2.45) is 0 Å². The monoisotopic (exact) mass is 461 g/mol. The summed E-state index contributed by atoms with van der Waals surface area (Å²) in [6.07, 6.45) is -3.29. The Hall–Kier alpha value is -3.68. The summed E-state index contributed by atoms with van der Waals surface area (Å²) in [7, 11) is 0. The standard InChI is InChI=1S/C27H27NO6/c1-15-11-17(12-16(2)24(15)26(31)32)25(30)23(29)13-28-27(33)34-14-22-20-9-5-3-7-18(20)19-8-4-6-10-21(19)22/h3-12,22-23,25,29-30H,13-14H2,1-2H3,(H,28,33)(H,31,32). The molecule has 176 valence electrons. The Kier molecular flexibility index (Phi) is 6.68. The first-order valence-electron chi connectivity index (χ1n) is 11.1. The van der Waals surface area contributed by atoms with Gasteiger partial charge in [-0.25, -0.2) is 9.59 Å². The molecule has 2 unspecified atom stereocenters. The Bertz CT molecular complexity index is 1170. The van der Waals surface area contributed by atoms with Crippen molar-refractivity contribution in [1.82, 2.24) is 5.32 Å². The summed E-state index contributed by atoms with van der Waals surface area (Å²) in [5, 5.41) is 32.7. The van der Waals surface area contributed by atoms with E-state index in [-0.39, 0.29) is 24.6 Å². The van der Waals surface area contributed by atoms with E-state index in [1.165, 1.54) is 12.1 Å². The van der Waals surface area contributed by atoms with Crippen LogP contribution in [0.5, 0.6) is 0 Å². The summed E-state index contributed by atoms with van der Waals surface area (Å²) in [5.41, 5.74) is 5.97. The topological polar surface area (TPSA) is 116 Å². The molecule has 1 aliphatic rings. The second kappa shape index (κ2) is 9.67. The predicted molar refractivity (Wildman–Crippen MR) is 127 cm³/mol. The molecule has 0 spiro atoms. The maximum absolute atomic E-state index is 12.3. The molecule has 4 rings (SSSR count). The molecule has 0 aliphatic heterocycles. The lowest BCUT2D eigenvalue weighted by Crippen LogP contribution is -2.36. The molecular formula is C27H27NO6. The number of aromatic carboxylic acids is 1. The minimum absolute atomic E-state index is 0.0765. The molecule has 0 fully saturated rings. The Morgan fingerprint density at radius 3 is 2.00 bits per heavy atom. The fourth-order valence-corrected chi connectivity index (χ4v) is 4.68. The quantitative estimate of drug-likeness (QED) is 0.424. The third-order valence-corrected chi connectivity index (χ3v) is 6.27. The van der Waals surface area contributed by atoms with E-state index in [4.69, 9.17) is 4.74 Å². The van der Waals surface area contributed by atoms with Crippen LogP contribution in [-0.4, -0.2) is 46.6 Å². The van der Waals surface area contributed by atoms with Crippen LogP contribution in [0.4, 0.5) is 4.79 Å². The molecule has 2 atom stereocenters. The number of hydrogen-bond acceptors (Lipinski definition) is 5. The van der Waals surface area contributed by atoms with E-state index in [1.807, 2.05) is 36.4 Å². The fraction of sp³-hybridized carbons (Fsp3) is 0.259. The Morgan fingerprint density at radius 1 is 0.941 bits per heavy atom. The lowest BCUT2D eigenvalue weighted by Gasteiger charge is -2.21. The largest absolute Gasteiger partial charge is 0.478 e. The minimum Gasteiger partial charge on any atom is -0.478 e. The number of carboxylic acids is 1. The van der Waals surface area contributed by atoms with Crippen LogP contribution in [0.1, 0.15) is 50.2 Å². The maximum Gasteiger partial charge on any atom is 0.407 e. The number of amides is 1. The number of aryl methyl sites for hydroxylation is 2. The number of nitrogens with one attached hydrogen (secondary N) is 1. The first kappa shape index (κ1) is 23.5. The summed E-state index contributed by atoms with van der Waals surface area (Å²) in [6, 6.07) is 19.1. The van der Waals surface area contributed by atoms with Crippen LogP contribution in [-0.2, 0) is 4.74 Å². The number of carbonyl (C=O) groups excluding carboxylic acids is 1. The molecule has 0 aromatic heterocycles. The second-order valence-corrected chi connectivity index (χ2v) is 8.55. The number of hydrogen-bond donors (Lipinski definition) is 4. The van der Waals surface area contributed by atoms with Crippen molar-refractivity contribution < 1.29 is 29.6 Å². The minimum atomic E-state index is -1.30. The molecule has 0 radical (unpaired) electrons. The summed E-state index contributed by atoms with van der Waals surface area (Å²) >= 11 is 0. The highest BCUT2D eigenvalue weighted by Gasteiger charge is 2.29. The second-order valence-electron chi connectivity index (χ2n) is 8.55. The van der Waals surface area contributed by atoms with Gasteiger partial charge in [-0.1, -0.05) is 60.7 Å². The SMILES string of the molecule is Cc1cc(C(O)C(O)CNC(=O)OCC2c3ccccc3-c3ccccc32)cc(C)c1C(=O)O. The van der Waals surface area contributed by atoms with Gasteiger partial charge in [0.25, 0.3) is 0 Å². The number of alkyl carbamates (subject to hydrolysis) is 1. The van der Waals surface area contributed by atoms with Gasteiger partial charge in [0.1, 0.15) is 18.8 Å². The molecule has 1 aliphatic carbocycles. The molecule has 0 saturated heterocycles. The highest BCUT2D eigenvalue weighted by Crippen LogP contribution is 2.44. The van der Waals surface area contributed by atoms with Crippen LogP contribution in [0.15, 0.2) is 60.7 Å². The number of aliphatic hydroxyl groups is 2. The lowest BCUT2D eigenvalue weighted by atomic mass is 9.95. The van der Waals surface area contributed by atoms with Gasteiger partial charge in [0, 0.05) is 12.5 Å². The van der Waals surface area contributed by atoms with Crippen molar-refractivity contribution in [2.45, 2.75) is 32.0 Å². The third kappa shape index (κ3) is 4.53. The Morgan fingerprint density at radius 2 is 1.47 bits per heavy atom. The number of benzene rings is 3. The van der Waals surface area contributed by atoms with Gasteiger partial charge >= 0.3 is 12.1 Å². The highest BCUT2D eigenvalue weighted by molar-refractivity contribution is 5.91. The van der Waals surface area contributed by atoms with E-state index < -0.39 is 24.3 Å². The predicted octanol–water partition coefficient (Wildman–Crippen LogP) is 3.93. The molecule has 1 amide bonds. The molecule has 3 aromatic carbocycles. The van der Waals surface area contributed by atoms with Crippen LogP contribution in [0, 0.1) is 13.8 Å². The molecule has 3 aromatic rings. The van der Waals surface area contributed by atoms with E-state index in [2.05, 4.69) is 17.4 Å². The number of fused-ring (bicyclic) bond motifs is 3. The molecule has 7 nitrogen and oxygen atoms in total. The van der Waals surface area contributed by atoms with Crippen molar-refractivity contribution in [3.05, 3.63) is 94.0 Å². The van der Waals surface area contributed by atoms with E-state index in [0.717, 1.165) is 22.3 Å². The normalized spacial score (nSPS) is 14.1. The van der Waals surface area contributed by atoms with Gasteiger partial charge in [0.05, 0.1) is 5.56 Å². The number of carbonyl (C=O) groups is 2. The van der Waals surface area contributed by atoms with Crippen molar-refractivity contribution >= 4 is 12.1 Å². The van der Waals surface area contributed by atoms with Gasteiger partial charge in [-0.3, -0.25) is 0 Å². The average molecular weight is 462 g/mol. The third-order valence-electron chi connectivity index (χ3n) is 6.27. The highest BCUT2D eigenvalue weighted by atomic mass is 16.5. The van der Waals surface area contributed by atoms with E-state index in [0.29, 0.717) is 16.7 Å². The smallest absolute Gasteiger partial charge is 0.407 e. The molecule has 0 bridgehead atoms. The van der Waals surface area contributed by atoms with Crippen molar-refractivity contribution in [1.29, 1.82) is 0 Å². The summed E-state index contributed by atoms with van der Waals surface area (Å²) in [4.78, 5) is 23.7. The zero-order valence-electron chi connectivity index (χ0n) is 19.0. The number of aliphatic hydroxyl groups excluding tert-OH is 2. The molecule has 4 N–H and O–H groups in total. The van der Waals surface area contributed by atoms with Crippen molar-refractivity contribution in [3.8, 4) is 11.1 Å². The van der Waals surface area contributed by atoms with Gasteiger partial charge < -0.3 is 25.4 Å². The summed E-state index contributed by atoms with van der Waals surface area (Å²) < 4.78 is 5.45. The van der Waals surface area contributed by atoms with Crippen LogP contribution >= 0.6 is 0 Å². The molecular weight excluding hydrogens is 434 g/mol. The van der Waals surface area contributed by atoms with Crippen LogP contribution in [0.2, 0.25) is 0 Å². The zero-order valence-corrected chi connectivity index (χ0v) is 19.0. The Labute approximate surface area is 197 Å². The molecule has 34 heavy (non-hydrogen) atoms. The van der Waals surface area contributed by atoms with Crippen molar-refractivity contribution in [2.75, 3.05) is 13.2 Å². The first-order valence-corrected chi connectivity index (χ1v) is 11.1. The number of ether oxygens (including phenoxy) is 1. The van der Waals surface area contributed by atoms with Gasteiger partial charge in [0.15, 0.2) is 0 Å². The van der Waals surface area contributed by atoms with Gasteiger partial charge in [-0.2, -0.15) is 0 Å². The number of rotatable bonds is 7. The summed E-state index contributed by atoms with van der Waals surface area (Å²) in [6.45, 7) is 3.19. The van der Waals surface area contributed by atoms with E-state index in [1.54, 1.807) is 13.8 Å². The van der Waals surface area contributed by atoms with Gasteiger partial charge in [-0.15, -0.1) is 0 Å². The molecule has 7 heteroatoms. The van der Waals surface area contributed by atoms with Gasteiger partial charge in [-0.05, 0) is 52.8 Å².